The lowest BCUT2D eigenvalue weighted by Crippen LogP contribution is -2.16. The lowest BCUT2D eigenvalue weighted by Gasteiger charge is -2.15. The van der Waals surface area contributed by atoms with Gasteiger partial charge in [0.15, 0.2) is 0 Å². The Morgan fingerprint density at radius 2 is 1.59 bits per heavy atom. The molecule has 6 heteroatoms. The first-order valence-corrected chi connectivity index (χ1v) is 8.55. The summed E-state index contributed by atoms with van der Waals surface area (Å²) in [6.07, 6.45) is 0. The minimum atomic E-state index is -3.70. The molecular formula is C16H18ClNO3S. The number of methoxy groups -OCH3 is 1. The van der Waals surface area contributed by atoms with Gasteiger partial charge in [0.2, 0.25) is 0 Å². The van der Waals surface area contributed by atoms with Crippen molar-refractivity contribution in [1.82, 2.24) is 0 Å². The van der Waals surface area contributed by atoms with Crippen LogP contribution in [0.3, 0.4) is 0 Å². The molecule has 0 saturated heterocycles. The van der Waals surface area contributed by atoms with Gasteiger partial charge in [0.1, 0.15) is 5.75 Å². The topological polar surface area (TPSA) is 55.4 Å². The number of sulfonamides is 1. The number of hydrogen-bond donors (Lipinski definition) is 1. The summed E-state index contributed by atoms with van der Waals surface area (Å²) in [5.74, 6) is 0.632. The van der Waals surface area contributed by atoms with Crippen molar-refractivity contribution in [2.24, 2.45) is 0 Å². The average molecular weight is 340 g/mol. The van der Waals surface area contributed by atoms with Crippen LogP contribution in [0.4, 0.5) is 5.69 Å². The van der Waals surface area contributed by atoms with Gasteiger partial charge in [0.05, 0.1) is 17.7 Å². The van der Waals surface area contributed by atoms with Crippen LogP contribution in [0.1, 0.15) is 16.7 Å². The smallest absolute Gasteiger partial charge is 0.262 e. The number of rotatable bonds is 4. The monoisotopic (exact) mass is 339 g/mol. The molecule has 22 heavy (non-hydrogen) atoms. The fraction of sp³-hybridized carbons (Fsp3) is 0.250. The van der Waals surface area contributed by atoms with Gasteiger partial charge in [-0.1, -0.05) is 17.7 Å². The molecule has 0 bridgehead atoms. The van der Waals surface area contributed by atoms with E-state index < -0.39 is 10.0 Å². The first-order valence-electron chi connectivity index (χ1n) is 6.69. The molecule has 2 aromatic rings. The van der Waals surface area contributed by atoms with Gasteiger partial charge >= 0.3 is 0 Å². The highest BCUT2D eigenvalue weighted by atomic mass is 35.5. The average Bonchev–Trinajstić information content (AvgIpc) is 2.41. The molecule has 0 aromatic heterocycles. The van der Waals surface area contributed by atoms with Gasteiger partial charge in [-0.2, -0.15) is 0 Å². The van der Waals surface area contributed by atoms with E-state index in [0.29, 0.717) is 27.6 Å². The molecule has 118 valence electrons. The Kier molecular flexibility index (Phi) is 4.68. The molecule has 0 unspecified atom stereocenters. The van der Waals surface area contributed by atoms with Crippen LogP contribution in [-0.4, -0.2) is 15.5 Å². The molecule has 2 aromatic carbocycles. The van der Waals surface area contributed by atoms with Crippen LogP contribution < -0.4 is 9.46 Å². The van der Waals surface area contributed by atoms with E-state index in [4.69, 9.17) is 16.3 Å². The van der Waals surface area contributed by atoms with Crippen molar-refractivity contribution in [2.45, 2.75) is 25.7 Å². The summed E-state index contributed by atoms with van der Waals surface area (Å²) in [4.78, 5) is 0.257. The van der Waals surface area contributed by atoms with Gasteiger partial charge in [-0.25, -0.2) is 8.42 Å². The van der Waals surface area contributed by atoms with E-state index in [9.17, 15) is 8.42 Å². The van der Waals surface area contributed by atoms with E-state index in [1.54, 1.807) is 51.3 Å². The van der Waals surface area contributed by atoms with Gasteiger partial charge in [-0.05, 0) is 61.7 Å². The highest BCUT2D eigenvalue weighted by Crippen LogP contribution is 2.29. The van der Waals surface area contributed by atoms with Gasteiger partial charge in [0.25, 0.3) is 10.0 Å². The zero-order chi connectivity index (χ0) is 16.5. The third-order valence-corrected chi connectivity index (χ3v) is 5.29. The fourth-order valence-electron chi connectivity index (χ4n) is 2.35. The Labute approximate surface area is 136 Å². The van der Waals surface area contributed by atoms with Crippen LogP contribution in [0.2, 0.25) is 5.02 Å². The maximum atomic E-state index is 12.7. The summed E-state index contributed by atoms with van der Waals surface area (Å²) in [7, 11) is -2.15. The molecule has 2 rings (SSSR count). The fourth-order valence-corrected chi connectivity index (χ4v) is 4.10. The number of hydrogen-bond acceptors (Lipinski definition) is 3. The standard InChI is InChI=1S/C16H18ClNO3S/c1-10-5-6-13(17)9-15(10)18-22(19,20)16-11(2)7-14(21-4)8-12(16)3/h5-9,18H,1-4H3. The molecule has 0 atom stereocenters. The molecule has 0 aliphatic heterocycles. The van der Waals surface area contributed by atoms with E-state index in [1.807, 2.05) is 6.92 Å². The lowest BCUT2D eigenvalue weighted by molar-refractivity contribution is 0.413. The number of aryl methyl sites for hydroxylation is 3. The molecule has 0 aliphatic carbocycles. The Morgan fingerprint density at radius 3 is 2.14 bits per heavy atom. The maximum Gasteiger partial charge on any atom is 0.262 e. The molecule has 0 radical (unpaired) electrons. The first-order chi connectivity index (χ1) is 10.2. The Morgan fingerprint density at radius 1 is 1.00 bits per heavy atom. The highest BCUT2D eigenvalue weighted by Gasteiger charge is 2.21. The molecule has 0 heterocycles. The van der Waals surface area contributed by atoms with Crippen molar-refractivity contribution in [3.05, 3.63) is 52.0 Å². The van der Waals surface area contributed by atoms with E-state index in [2.05, 4.69) is 4.72 Å². The van der Waals surface area contributed by atoms with Crippen LogP contribution in [0.15, 0.2) is 35.2 Å². The maximum absolute atomic E-state index is 12.7. The number of anilines is 1. The minimum Gasteiger partial charge on any atom is -0.497 e. The number of benzene rings is 2. The Hall–Kier alpha value is -1.72. The van der Waals surface area contributed by atoms with Crippen LogP contribution in [0.25, 0.3) is 0 Å². The number of nitrogens with one attached hydrogen (secondary N) is 1. The van der Waals surface area contributed by atoms with Gasteiger partial charge < -0.3 is 4.74 Å². The van der Waals surface area contributed by atoms with Crippen LogP contribution >= 0.6 is 11.6 Å². The lowest BCUT2D eigenvalue weighted by atomic mass is 10.1. The zero-order valence-corrected chi connectivity index (χ0v) is 14.5. The van der Waals surface area contributed by atoms with Gasteiger partial charge in [-0.15, -0.1) is 0 Å². The van der Waals surface area contributed by atoms with Crippen molar-refractivity contribution >= 4 is 27.3 Å². The van der Waals surface area contributed by atoms with E-state index in [-0.39, 0.29) is 4.90 Å². The Balaban J connectivity index is 2.50. The van der Waals surface area contributed by atoms with E-state index >= 15 is 0 Å². The highest BCUT2D eigenvalue weighted by molar-refractivity contribution is 7.92. The quantitative estimate of drug-likeness (QED) is 0.913. The summed E-state index contributed by atoms with van der Waals surface area (Å²) in [5, 5.41) is 0.478. The van der Waals surface area contributed by atoms with Crippen LogP contribution in [0, 0.1) is 20.8 Å². The third kappa shape index (κ3) is 3.36. The van der Waals surface area contributed by atoms with Crippen molar-refractivity contribution in [3.8, 4) is 5.75 Å². The molecule has 0 amide bonds. The molecule has 0 spiro atoms. The van der Waals surface area contributed by atoms with Crippen molar-refractivity contribution in [3.63, 3.8) is 0 Å². The van der Waals surface area contributed by atoms with Crippen molar-refractivity contribution < 1.29 is 13.2 Å². The van der Waals surface area contributed by atoms with Crippen LogP contribution in [-0.2, 0) is 10.0 Å². The largest absolute Gasteiger partial charge is 0.497 e. The summed E-state index contributed by atoms with van der Waals surface area (Å²) in [6.45, 7) is 5.31. The van der Waals surface area contributed by atoms with E-state index in [0.717, 1.165) is 5.56 Å². The van der Waals surface area contributed by atoms with E-state index in [1.165, 1.54) is 0 Å². The molecule has 4 nitrogen and oxygen atoms in total. The second-order valence-electron chi connectivity index (χ2n) is 5.16. The zero-order valence-electron chi connectivity index (χ0n) is 12.9. The molecule has 0 saturated carbocycles. The molecular weight excluding hydrogens is 322 g/mol. The summed E-state index contributed by atoms with van der Waals surface area (Å²) >= 11 is 5.94. The predicted molar refractivity (Wildman–Crippen MR) is 89.5 cm³/mol. The van der Waals surface area contributed by atoms with Crippen LogP contribution in [0.5, 0.6) is 5.75 Å². The summed E-state index contributed by atoms with van der Waals surface area (Å²) < 4.78 is 33.2. The first kappa shape index (κ1) is 16.6. The van der Waals surface area contributed by atoms with Crippen molar-refractivity contribution in [2.75, 3.05) is 11.8 Å². The second-order valence-corrected chi connectivity index (χ2v) is 7.21. The number of halogens is 1. The summed E-state index contributed by atoms with van der Waals surface area (Å²) in [6, 6.07) is 8.49. The summed E-state index contributed by atoms with van der Waals surface area (Å²) in [5.41, 5.74) is 2.53. The molecule has 0 fully saturated rings. The van der Waals surface area contributed by atoms with Gasteiger partial charge in [0, 0.05) is 5.02 Å². The SMILES string of the molecule is COc1cc(C)c(S(=O)(=O)Nc2cc(Cl)ccc2C)c(C)c1. The predicted octanol–water partition coefficient (Wildman–Crippen LogP) is 4.07. The molecule has 0 aliphatic rings. The normalized spacial score (nSPS) is 11.3. The second kappa shape index (κ2) is 6.18. The van der Waals surface area contributed by atoms with Gasteiger partial charge in [-0.3, -0.25) is 4.72 Å². The number of ether oxygens (including phenoxy) is 1. The van der Waals surface area contributed by atoms with Crippen molar-refractivity contribution in [1.29, 1.82) is 0 Å². The minimum absolute atomic E-state index is 0.257. The molecule has 1 N–H and O–H groups in total. The third-order valence-electron chi connectivity index (χ3n) is 3.38. The Bertz CT molecular complexity index is 793.